The molecule has 2 aromatic heterocycles. The number of hydrogen-bond donors (Lipinski definition) is 0. The molecule has 88 valence electrons. The smallest absolute Gasteiger partial charge is 0.222 e. The lowest BCUT2D eigenvalue weighted by Gasteiger charge is -2.08. The van der Waals surface area contributed by atoms with Crippen LogP contribution in [0.2, 0.25) is 5.02 Å². The van der Waals surface area contributed by atoms with E-state index in [0.29, 0.717) is 22.5 Å². The monoisotopic (exact) mass is 268 g/mol. The molecule has 0 N–H and O–H groups in total. The van der Waals surface area contributed by atoms with Crippen molar-refractivity contribution >= 4 is 23.2 Å². The van der Waals surface area contributed by atoms with Crippen molar-refractivity contribution in [3.05, 3.63) is 46.9 Å². The molecule has 2 aromatic rings. The molecule has 0 spiro atoms. The first-order valence-electron chi connectivity index (χ1n) is 4.99. The van der Waals surface area contributed by atoms with E-state index in [0.717, 1.165) is 11.1 Å². The number of halogens is 2. The van der Waals surface area contributed by atoms with Gasteiger partial charge >= 0.3 is 0 Å². The SMILES string of the molecule is Cc1cc(CCl)cnc1Oc1cncc(Cl)c1. The van der Waals surface area contributed by atoms with Gasteiger partial charge in [-0.15, -0.1) is 11.6 Å². The predicted molar refractivity (Wildman–Crippen MR) is 67.9 cm³/mol. The van der Waals surface area contributed by atoms with E-state index >= 15 is 0 Å². The molecule has 3 nitrogen and oxygen atoms in total. The summed E-state index contributed by atoms with van der Waals surface area (Å²) in [6, 6.07) is 3.62. The fraction of sp³-hybridized carbons (Fsp3) is 0.167. The van der Waals surface area contributed by atoms with Crippen LogP contribution in [-0.4, -0.2) is 9.97 Å². The van der Waals surface area contributed by atoms with Gasteiger partial charge in [-0.3, -0.25) is 4.98 Å². The molecule has 0 fully saturated rings. The number of hydrogen-bond acceptors (Lipinski definition) is 3. The van der Waals surface area contributed by atoms with Gasteiger partial charge in [0.05, 0.1) is 11.2 Å². The highest BCUT2D eigenvalue weighted by atomic mass is 35.5. The van der Waals surface area contributed by atoms with Gasteiger partial charge in [0.15, 0.2) is 0 Å². The van der Waals surface area contributed by atoms with Gasteiger partial charge in [0.2, 0.25) is 5.88 Å². The molecule has 0 saturated carbocycles. The molecule has 2 rings (SSSR count). The average molecular weight is 269 g/mol. The van der Waals surface area contributed by atoms with Crippen molar-refractivity contribution in [2.75, 3.05) is 0 Å². The highest BCUT2D eigenvalue weighted by Crippen LogP contribution is 2.24. The van der Waals surface area contributed by atoms with E-state index in [-0.39, 0.29) is 0 Å². The van der Waals surface area contributed by atoms with Gasteiger partial charge in [0, 0.05) is 29.9 Å². The Bertz CT molecular complexity index is 532. The topological polar surface area (TPSA) is 35.0 Å². The van der Waals surface area contributed by atoms with Crippen molar-refractivity contribution in [2.24, 2.45) is 0 Å². The van der Waals surface area contributed by atoms with Gasteiger partial charge in [-0.2, -0.15) is 0 Å². The standard InChI is InChI=1S/C12H10Cl2N2O/c1-8-2-9(4-13)5-16-12(8)17-11-3-10(14)6-15-7-11/h2-3,5-7H,4H2,1H3. The van der Waals surface area contributed by atoms with E-state index in [2.05, 4.69) is 9.97 Å². The number of nitrogens with zero attached hydrogens (tertiary/aromatic N) is 2. The van der Waals surface area contributed by atoms with Crippen LogP contribution in [0.5, 0.6) is 11.6 Å². The number of aromatic nitrogens is 2. The zero-order valence-electron chi connectivity index (χ0n) is 9.15. The lowest BCUT2D eigenvalue weighted by atomic mass is 10.2. The largest absolute Gasteiger partial charge is 0.437 e. The third-order valence-corrected chi connectivity index (χ3v) is 2.65. The third-order valence-electron chi connectivity index (χ3n) is 2.14. The Hall–Kier alpha value is -1.32. The molecule has 0 aliphatic heterocycles. The molecule has 0 unspecified atom stereocenters. The third kappa shape index (κ3) is 3.08. The molecule has 0 radical (unpaired) electrons. The maximum Gasteiger partial charge on any atom is 0.222 e. The van der Waals surface area contributed by atoms with Crippen molar-refractivity contribution in [1.82, 2.24) is 9.97 Å². The van der Waals surface area contributed by atoms with Crippen molar-refractivity contribution in [3.8, 4) is 11.6 Å². The summed E-state index contributed by atoms with van der Waals surface area (Å²) >= 11 is 11.5. The maximum atomic E-state index is 5.82. The Kier molecular flexibility index (Phi) is 3.82. The molecule has 0 saturated heterocycles. The average Bonchev–Trinajstić information content (AvgIpc) is 2.32. The second-order valence-corrected chi connectivity index (χ2v) is 4.24. The quantitative estimate of drug-likeness (QED) is 0.791. The maximum absolute atomic E-state index is 5.82. The highest BCUT2D eigenvalue weighted by molar-refractivity contribution is 6.30. The minimum absolute atomic E-state index is 0.437. The molecule has 0 aromatic carbocycles. The molecular weight excluding hydrogens is 259 g/mol. The van der Waals surface area contributed by atoms with Gasteiger partial charge in [-0.05, 0) is 18.6 Å². The van der Waals surface area contributed by atoms with Crippen LogP contribution in [0.15, 0.2) is 30.7 Å². The predicted octanol–water partition coefficient (Wildman–Crippen LogP) is 3.97. The summed E-state index contributed by atoms with van der Waals surface area (Å²) < 4.78 is 5.59. The first kappa shape index (κ1) is 12.1. The molecule has 17 heavy (non-hydrogen) atoms. The Morgan fingerprint density at radius 3 is 2.71 bits per heavy atom. The van der Waals surface area contributed by atoms with Crippen LogP contribution in [0.25, 0.3) is 0 Å². The Balaban J connectivity index is 2.24. The molecule has 0 bridgehead atoms. The normalized spacial score (nSPS) is 10.3. The van der Waals surface area contributed by atoms with Gasteiger partial charge in [0.1, 0.15) is 5.75 Å². The lowest BCUT2D eigenvalue weighted by molar-refractivity contribution is 0.456. The zero-order chi connectivity index (χ0) is 12.3. The summed E-state index contributed by atoms with van der Waals surface area (Å²) in [7, 11) is 0. The molecule has 2 heterocycles. The van der Waals surface area contributed by atoms with E-state index in [1.54, 1.807) is 24.7 Å². The van der Waals surface area contributed by atoms with Crippen LogP contribution in [0.3, 0.4) is 0 Å². The van der Waals surface area contributed by atoms with Crippen molar-refractivity contribution in [1.29, 1.82) is 0 Å². The lowest BCUT2D eigenvalue weighted by Crippen LogP contribution is -1.93. The van der Waals surface area contributed by atoms with E-state index in [9.17, 15) is 0 Å². The van der Waals surface area contributed by atoms with Gasteiger partial charge in [-0.25, -0.2) is 4.98 Å². The van der Waals surface area contributed by atoms with E-state index in [1.165, 1.54) is 0 Å². The van der Waals surface area contributed by atoms with Crippen LogP contribution in [0.4, 0.5) is 0 Å². The van der Waals surface area contributed by atoms with Crippen LogP contribution < -0.4 is 4.74 Å². The molecular formula is C12H10Cl2N2O. The van der Waals surface area contributed by atoms with Crippen LogP contribution in [0, 0.1) is 6.92 Å². The number of pyridine rings is 2. The van der Waals surface area contributed by atoms with E-state index in [1.807, 2.05) is 13.0 Å². The van der Waals surface area contributed by atoms with Crippen molar-refractivity contribution < 1.29 is 4.74 Å². The molecule has 0 amide bonds. The first-order chi connectivity index (χ1) is 8.19. The number of rotatable bonds is 3. The summed E-state index contributed by atoms with van der Waals surface area (Å²) in [5, 5.41) is 0.525. The molecule has 0 aliphatic carbocycles. The minimum Gasteiger partial charge on any atom is -0.437 e. The summed E-state index contributed by atoms with van der Waals surface area (Å²) in [4.78, 5) is 8.13. The Labute approximate surface area is 109 Å². The summed E-state index contributed by atoms with van der Waals surface area (Å²) in [6.45, 7) is 1.91. The molecule has 5 heteroatoms. The van der Waals surface area contributed by atoms with Gasteiger partial charge in [-0.1, -0.05) is 11.6 Å². The number of alkyl halides is 1. The highest BCUT2D eigenvalue weighted by Gasteiger charge is 2.05. The second-order valence-electron chi connectivity index (χ2n) is 3.54. The fourth-order valence-corrected chi connectivity index (χ4v) is 1.67. The van der Waals surface area contributed by atoms with Crippen molar-refractivity contribution in [3.63, 3.8) is 0 Å². The second kappa shape index (κ2) is 5.34. The Morgan fingerprint density at radius 2 is 2.06 bits per heavy atom. The zero-order valence-corrected chi connectivity index (χ0v) is 10.7. The fourth-order valence-electron chi connectivity index (χ4n) is 1.36. The van der Waals surface area contributed by atoms with E-state index in [4.69, 9.17) is 27.9 Å². The number of aryl methyl sites for hydroxylation is 1. The molecule has 0 atom stereocenters. The van der Waals surface area contributed by atoms with Crippen LogP contribution >= 0.6 is 23.2 Å². The first-order valence-corrected chi connectivity index (χ1v) is 5.90. The van der Waals surface area contributed by atoms with E-state index < -0.39 is 0 Å². The van der Waals surface area contributed by atoms with Crippen molar-refractivity contribution in [2.45, 2.75) is 12.8 Å². The number of ether oxygens (including phenoxy) is 1. The van der Waals surface area contributed by atoms with Crippen LogP contribution in [-0.2, 0) is 5.88 Å². The summed E-state index contributed by atoms with van der Waals surface area (Å²) in [5.74, 6) is 1.53. The summed E-state index contributed by atoms with van der Waals surface area (Å²) in [6.07, 6.45) is 4.82. The van der Waals surface area contributed by atoms with Gasteiger partial charge < -0.3 is 4.74 Å². The summed E-state index contributed by atoms with van der Waals surface area (Å²) in [5.41, 5.74) is 1.88. The minimum atomic E-state index is 0.437. The van der Waals surface area contributed by atoms with Gasteiger partial charge in [0.25, 0.3) is 0 Å². The molecule has 0 aliphatic rings. The van der Waals surface area contributed by atoms with Crippen LogP contribution in [0.1, 0.15) is 11.1 Å². The Morgan fingerprint density at radius 1 is 1.24 bits per heavy atom.